The number of halogens is 4. The molecular formula is C11H13BrF3NS. The molecule has 2 N–H and O–H groups in total. The predicted octanol–water partition coefficient (Wildman–Crippen LogP) is 4.21. The number of thioether (sulfide) groups is 1. The number of alkyl halides is 3. The van der Waals surface area contributed by atoms with Crippen molar-refractivity contribution in [3.63, 3.8) is 0 Å². The predicted molar refractivity (Wildman–Crippen MR) is 68.1 cm³/mol. The average Bonchev–Trinajstić information content (AvgIpc) is 2.25. The van der Waals surface area contributed by atoms with E-state index in [4.69, 9.17) is 5.73 Å². The normalized spacial score (nSPS) is 13.7. The van der Waals surface area contributed by atoms with Gasteiger partial charge in [0.2, 0.25) is 0 Å². The summed E-state index contributed by atoms with van der Waals surface area (Å²) in [5, 5.41) is 0. The standard InChI is InChI=1S/C11H13BrF3NS/c12-8-1-3-10(4-2-8)17-7-9(16)5-6-11(13,14)15/h1-4,9H,5-7,16H2. The molecule has 1 aromatic rings. The van der Waals surface area contributed by atoms with E-state index < -0.39 is 18.6 Å². The van der Waals surface area contributed by atoms with Crippen molar-refractivity contribution >= 4 is 27.7 Å². The van der Waals surface area contributed by atoms with Crippen LogP contribution in [0.3, 0.4) is 0 Å². The highest BCUT2D eigenvalue weighted by molar-refractivity contribution is 9.10. The van der Waals surface area contributed by atoms with Crippen molar-refractivity contribution in [2.75, 3.05) is 5.75 Å². The van der Waals surface area contributed by atoms with Crippen molar-refractivity contribution in [1.82, 2.24) is 0 Å². The van der Waals surface area contributed by atoms with Crippen LogP contribution in [0.5, 0.6) is 0 Å². The second-order valence-electron chi connectivity index (χ2n) is 3.68. The first kappa shape index (κ1) is 14.9. The Morgan fingerprint density at radius 3 is 2.35 bits per heavy atom. The molecule has 0 aliphatic heterocycles. The van der Waals surface area contributed by atoms with Crippen LogP contribution in [0.2, 0.25) is 0 Å². The van der Waals surface area contributed by atoms with Crippen molar-refractivity contribution < 1.29 is 13.2 Å². The maximum atomic E-state index is 12.0. The lowest BCUT2D eigenvalue weighted by molar-refractivity contribution is -0.136. The average molecular weight is 328 g/mol. The zero-order valence-electron chi connectivity index (χ0n) is 9.01. The van der Waals surface area contributed by atoms with Gasteiger partial charge >= 0.3 is 6.18 Å². The Bertz CT molecular complexity index is 340. The minimum absolute atomic E-state index is 0.0208. The van der Waals surface area contributed by atoms with E-state index in [1.54, 1.807) is 0 Å². The van der Waals surface area contributed by atoms with Gasteiger partial charge in [0.15, 0.2) is 0 Å². The molecule has 0 aromatic heterocycles. The van der Waals surface area contributed by atoms with Gasteiger partial charge in [-0.15, -0.1) is 11.8 Å². The van der Waals surface area contributed by atoms with Gasteiger partial charge in [0.05, 0.1) is 0 Å². The largest absolute Gasteiger partial charge is 0.389 e. The third kappa shape index (κ3) is 6.95. The molecule has 0 bridgehead atoms. The summed E-state index contributed by atoms with van der Waals surface area (Å²) >= 11 is 4.79. The van der Waals surface area contributed by atoms with Gasteiger partial charge in [-0.25, -0.2) is 0 Å². The molecule has 0 fully saturated rings. The van der Waals surface area contributed by atoms with E-state index in [1.807, 2.05) is 24.3 Å². The molecule has 17 heavy (non-hydrogen) atoms. The molecule has 0 amide bonds. The molecule has 0 radical (unpaired) electrons. The van der Waals surface area contributed by atoms with Gasteiger partial charge in [0.1, 0.15) is 0 Å². The van der Waals surface area contributed by atoms with E-state index in [2.05, 4.69) is 15.9 Å². The summed E-state index contributed by atoms with van der Waals surface area (Å²) < 4.78 is 36.8. The number of nitrogens with two attached hydrogens (primary N) is 1. The minimum atomic E-state index is -4.11. The van der Waals surface area contributed by atoms with E-state index in [1.165, 1.54) is 11.8 Å². The van der Waals surface area contributed by atoms with Crippen LogP contribution in [-0.2, 0) is 0 Å². The van der Waals surface area contributed by atoms with Gasteiger partial charge in [0.25, 0.3) is 0 Å². The molecule has 6 heteroatoms. The summed E-state index contributed by atoms with van der Waals surface area (Å²) in [5.74, 6) is 0.498. The van der Waals surface area contributed by atoms with Crippen molar-refractivity contribution in [3.05, 3.63) is 28.7 Å². The molecule has 0 aliphatic carbocycles. The zero-order chi connectivity index (χ0) is 12.9. The van der Waals surface area contributed by atoms with Crippen LogP contribution in [0, 0.1) is 0 Å². The second kappa shape index (κ2) is 6.66. The molecule has 96 valence electrons. The lowest BCUT2D eigenvalue weighted by Gasteiger charge is -2.12. The van der Waals surface area contributed by atoms with Crippen LogP contribution in [-0.4, -0.2) is 18.0 Å². The van der Waals surface area contributed by atoms with Crippen LogP contribution < -0.4 is 5.73 Å². The number of rotatable bonds is 5. The van der Waals surface area contributed by atoms with Crippen LogP contribution in [0.4, 0.5) is 13.2 Å². The molecule has 1 nitrogen and oxygen atoms in total. The first-order valence-electron chi connectivity index (χ1n) is 5.07. The Kier molecular flexibility index (Phi) is 5.82. The summed E-state index contributed by atoms with van der Waals surface area (Å²) in [7, 11) is 0. The lowest BCUT2D eigenvalue weighted by atomic mass is 10.2. The fraction of sp³-hybridized carbons (Fsp3) is 0.455. The maximum absolute atomic E-state index is 12.0. The SMILES string of the molecule is NC(CCC(F)(F)F)CSc1ccc(Br)cc1. The smallest absolute Gasteiger partial charge is 0.327 e. The van der Waals surface area contributed by atoms with E-state index in [0.29, 0.717) is 5.75 Å². The van der Waals surface area contributed by atoms with E-state index in [-0.39, 0.29) is 6.42 Å². The second-order valence-corrected chi connectivity index (χ2v) is 5.69. The van der Waals surface area contributed by atoms with E-state index in [0.717, 1.165) is 9.37 Å². The highest BCUT2D eigenvalue weighted by Crippen LogP contribution is 2.25. The summed E-state index contributed by atoms with van der Waals surface area (Å²) in [4.78, 5) is 1.01. The fourth-order valence-corrected chi connectivity index (χ4v) is 2.33. The molecule has 1 atom stereocenters. The van der Waals surface area contributed by atoms with Crippen molar-refractivity contribution in [2.24, 2.45) is 5.73 Å². The lowest BCUT2D eigenvalue weighted by Crippen LogP contribution is -2.25. The van der Waals surface area contributed by atoms with E-state index in [9.17, 15) is 13.2 Å². The Balaban J connectivity index is 2.28. The Labute approximate surface area is 111 Å². The molecule has 1 unspecified atom stereocenters. The first-order chi connectivity index (χ1) is 7.87. The van der Waals surface area contributed by atoms with Crippen LogP contribution >= 0.6 is 27.7 Å². The maximum Gasteiger partial charge on any atom is 0.389 e. The van der Waals surface area contributed by atoms with Crippen LogP contribution in [0.1, 0.15) is 12.8 Å². The highest BCUT2D eigenvalue weighted by Gasteiger charge is 2.27. The van der Waals surface area contributed by atoms with Crippen LogP contribution in [0.15, 0.2) is 33.6 Å². The number of hydrogen-bond donors (Lipinski definition) is 1. The molecule has 0 spiro atoms. The molecule has 0 heterocycles. The summed E-state index contributed by atoms with van der Waals surface area (Å²) in [6.45, 7) is 0. The Morgan fingerprint density at radius 2 is 1.82 bits per heavy atom. The molecule has 1 rings (SSSR count). The van der Waals surface area contributed by atoms with Crippen LogP contribution in [0.25, 0.3) is 0 Å². The van der Waals surface area contributed by atoms with E-state index >= 15 is 0 Å². The molecular weight excluding hydrogens is 315 g/mol. The summed E-state index contributed by atoms with van der Waals surface area (Å²) in [6, 6.07) is 7.18. The third-order valence-corrected chi connectivity index (χ3v) is 3.81. The highest BCUT2D eigenvalue weighted by atomic mass is 79.9. The van der Waals surface area contributed by atoms with Gasteiger partial charge in [-0.1, -0.05) is 15.9 Å². The summed E-state index contributed by atoms with van der Waals surface area (Å²) in [6.07, 6.45) is -4.94. The molecule has 1 aromatic carbocycles. The van der Waals surface area contributed by atoms with Gasteiger partial charge < -0.3 is 5.73 Å². The van der Waals surface area contributed by atoms with Gasteiger partial charge in [-0.2, -0.15) is 13.2 Å². The first-order valence-corrected chi connectivity index (χ1v) is 6.85. The fourth-order valence-electron chi connectivity index (χ4n) is 1.17. The number of benzene rings is 1. The third-order valence-electron chi connectivity index (χ3n) is 2.08. The monoisotopic (exact) mass is 327 g/mol. The molecule has 0 saturated heterocycles. The van der Waals surface area contributed by atoms with Gasteiger partial charge in [-0.3, -0.25) is 0 Å². The van der Waals surface area contributed by atoms with Crippen molar-refractivity contribution in [3.8, 4) is 0 Å². The molecule has 0 aliphatic rings. The van der Waals surface area contributed by atoms with Gasteiger partial charge in [0, 0.05) is 27.6 Å². The van der Waals surface area contributed by atoms with Crippen molar-refractivity contribution in [2.45, 2.75) is 30.0 Å². The van der Waals surface area contributed by atoms with Crippen molar-refractivity contribution in [1.29, 1.82) is 0 Å². The number of hydrogen-bond acceptors (Lipinski definition) is 2. The Hall–Kier alpha value is -0.200. The molecule has 0 saturated carbocycles. The summed E-state index contributed by atoms with van der Waals surface area (Å²) in [5.41, 5.74) is 5.63. The zero-order valence-corrected chi connectivity index (χ0v) is 11.4. The quantitative estimate of drug-likeness (QED) is 0.820. The Morgan fingerprint density at radius 1 is 1.24 bits per heavy atom. The van der Waals surface area contributed by atoms with Gasteiger partial charge in [-0.05, 0) is 30.7 Å². The minimum Gasteiger partial charge on any atom is -0.327 e. The topological polar surface area (TPSA) is 26.0 Å².